The van der Waals surface area contributed by atoms with Gasteiger partial charge in [0.25, 0.3) is 5.56 Å². The average molecular weight is 365 g/mol. The van der Waals surface area contributed by atoms with Gasteiger partial charge in [-0.15, -0.1) is 0 Å². The first-order chi connectivity index (χ1) is 13.2. The van der Waals surface area contributed by atoms with Gasteiger partial charge in [0.1, 0.15) is 0 Å². The molecule has 0 N–H and O–H groups in total. The lowest BCUT2D eigenvalue weighted by molar-refractivity contribution is 0.354. The first kappa shape index (κ1) is 17.4. The molecule has 0 atom stereocenters. The zero-order chi connectivity index (χ0) is 18.8. The highest BCUT2D eigenvalue weighted by Gasteiger charge is 2.21. The van der Waals surface area contributed by atoms with Crippen LogP contribution in [0.1, 0.15) is 12.0 Å². The number of anilines is 1. The molecule has 6 heteroatoms. The second kappa shape index (κ2) is 7.31. The minimum atomic E-state index is 0.0476. The van der Waals surface area contributed by atoms with Gasteiger partial charge in [-0.05, 0) is 42.7 Å². The van der Waals surface area contributed by atoms with E-state index in [0.717, 1.165) is 61.0 Å². The zero-order valence-corrected chi connectivity index (χ0v) is 15.6. The van der Waals surface area contributed by atoms with Gasteiger partial charge in [0.15, 0.2) is 11.5 Å². The molecule has 1 aliphatic rings. The van der Waals surface area contributed by atoms with Gasteiger partial charge in [0.05, 0.1) is 25.1 Å². The smallest absolute Gasteiger partial charge is 0.262 e. The van der Waals surface area contributed by atoms with Crippen molar-refractivity contribution in [2.75, 3.05) is 32.2 Å². The third-order valence-electron chi connectivity index (χ3n) is 5.05. The van der Waals surface area contributed by atoms with Crippen molar-refractivity contribution in [2.45, 2.75) is 19.4 Å². The second-order valence-corrected chi connectivity index (χ2v) is 6.67. The van der Waals surface area contributed by atoms with Crippen LogP contribution in [0.15, 0.2) is 47.3 Å². The molecule has 140 valence electrons. The molecule has 0 amide bonds. The number of aromatic nitrogens is 2. The van der Waals surface area contributed by atoms with Crippen LogP contribution in [0.4, 0.5) is 5.95 Å². The molecule has 6 nitrogen and oxygen atoms in total. The molecule has 0 bridgehead atoms. The maximum absolute atomic E-state index is 12.8. The van der Waals surface area contributed by atoms with E-state index in [4.69, 9.17) is 14.5 Å². The lowest BCUT2D eigenvalue weighted by Gasteiger charge is -2.31. The van der Waals surface area contributed by atoms with E-state index in [9.17, 15) is 4.79 Å². The first-order valence-electron chi connectivity index (χ1n) is 9.16. The summed E-state index contributed by atoms with van der Waals surface area (Å²) in [6, 6.07) is 13.5. The number of hydrogen-bond donors (Lipinski definition) is 0. The Labute approximate surface area is 158 Å². The van der Waals surface area contributed by atoms with Crippen LogP contribution in [-0.4, -0.2) is 36.9 Å². The van der Waals surface area contributed by atoms with Crippen molar-refractivity contribution < 1.29 is 9.47 Å². The molecule has 0 saturated carbocycles. The monoisotopic (exact) mass is 365 g/mol. The van der Waals surface area contributed by atoms with Crippen molar-refractivity contribution in [3.63, 3.8) is 0 Å². The Morgan fingerprint density at radius 2 is 1.85 bits per heavy atom. The fraction of sp³-hybridized carbons (Fsp3) is 0.333. The summed E-state index contributed by atoms with van der Waals surface area (Å²) >= 11 is 0. The maximum atomic E-state index is 12.8. The molecule has 0 spiro atoms. The number of rotatable bonds is 5. The summed E-state index contributed by atoms with van der Waals surface area (Å²) in [7, 11) is 3.28. The summed E-state index contributed by atoms with van der Waals surface area (Å²) < 4.78 is 12.5. The zero-order valence-electron chi connectivity index (χ0n) is 15.6. The van der Waals surface area contributed by atoms with E-state index in [1.54, 1.807) is 18.8 Å². The molecule has 3 aromatic rings. The predicted molar refractivity (Wildman–Crippen MR) is 106 cm³/mol. The Morgan fingerprint density at radius 3 is 2.67 bits per heavy atom. The Kier molecular flexibility index (Phi) is 4.71. The van der Waals surface area contributed by atoms with Crippen molar-refractivity contribution in [3.05, 3.63) is 58.4 Å². The second-order valence-electron chi connectivity index (χ2n) is 6.67. The highest BCUT2D eigenvalue weighted by atomic mass is 16.5. The van der Waals surface area contributed by atoms with Gasteiger partial charge < -0.3 is 14.4 Å². The van der Waals surface area contributed by atoms with Crippen molar-refractivity contribution in [1.82, 2.24) is 9.55 Å². The van der Waals surface area contributed by atoms with Gasteiger partial charge in [-0.2, -0.15) is 0 Å². The van der Waals surface area contributed by atoms with Gasteiger partial charge in [0, 0.05) is 19.6 Å². The van der Waals surface area contributed by atoms with Gasteiger partial charge in [-0.1, -0.05) is 18.2 Å². The molecule has 2 heterocycles. The van der Waals surface area contributed by atoms with E-state index in [-0.39, 0.29) is 5.56 Å². The van der Waals surface area contributed by atoms with Crippen LogP contribution in [-0.2, 0) is 13.0 Å². The Hall–Kier alpha value is -3.02. The van der Waals surface area contributed by atoms with E-state index < -0.39 is 0 Å². The number of para-hydroxylation sites is 1. The van der Waals surface area contributed by atoms with Crippen molar-refractivity contribution >= 4 is 16.9 Å². The lowest BCUT2D eigenvalue weighted by Crippen LogP contribution is -2.39. The molecule has 0 unspecified atom stereocenters. The van der Waals surface area contributed by atoms with Crippen LogP contribution in [0.5, 0.6) is 11.5 Å². The van der Waals surface area contributed by atoms with Crippen LogP contribution in [0, 0.1) is 0 Å². The van der Waals surface area contributed by atoms with Crippen LogP contribution >= 0.6 is 0 Å². The summed E-state index contributed by atoms with van der Waals surface area (Å²) in [6.45, 7) is 2.41. The standard InChI is InChI=1S/C21H23N3O3/c1-26-18-9-8-15(14-19(18)27-2)10-13-23-11-5-12-24-20(25)16-6-3-4-7-17(16)22-21(23)24/h3-4,6-9,14H,5,10-13H2,1-2H3. The number of benzene rings is 2. The molecule has 1 aromatic heterocycles. The van der Waals surface area contributed by atoms with Crippen molar-refractivity contribution in [2.24, 2.45) is 0 Å². The normalized spacial score (nSPS) is 13.5. The first-order valence-corrected chi connectivity index (χ1v) is 9.16. The Balaban J connectivity index is 1.61. The fourth-order valence-electron chi connectivity index (χ4n) is 3.63. The minimum Gasteiger partial charge on any atom is -0.493 e. The summed E-state index contributed by atoms with van der Waals surface area (Å²) in [5, 5.41) is 0.683. The van der Waals surface area contributed by atoms with Crippen molar-refractivity contribution in [3.8, 4) is 11.5 Å². The van der Waals surface area contributed by atoms with E-state index in [1.807, 2.05) is 42.5 Å². The van der Waals surface area contributed by atoms with Crippen LogP contribution in [0.3, 0.4) is 0 Å². The highest BCUT2D eigenvalue weighted by molar-refractivity contribution is 5.78. The molecule has 0 radical (unpaired) electrons. The minimum absolute atomic E-state index is 0.0476. The number of hydrogen-bond acceptors (Lipinski definition) is 5. The molecule has 1 aliphatic heterocycles. The van der Waals surface area contributed by atoms with Gasteiger partial charge >= 0.3 is 0 Å². The SMILES string of the molecule is COc1ccc(CCN2CCCn3c2nc2ccccc2c3=O)cc1OC. The van der Waals surface area contributed by atoms with Gasteiger partial charge in [-0.25, -0.2) is 4.98 Å². The number of fused-ring (bicyclic) bond motifs is 2. The van der Waals surface area contributed by atoms with Crippen LogP contribution < -0.4 is 19.9 Å². The summed E-state index contributed by atoms with van der Waals surface area (Å²) in [6.07, 6.45) is 1.78. The molecule has 0 saturated heterocycles. The van der Waals surface area contributed by atoms with Crippen molar-refractivity contribution in [1.29, 1.82) is 0 Å². The largest absolute Gasteiger partial charge is 0.493 e. The average Bonchev–Trinajstić information content (AvgIpc) is 2.72. The quantitative estimate of drug-likeness (QED) is 0.696. The third kappa shape index (κ3) is 3.23. The van der Waals surface area contributed by atoms with E-state index in [1.165, 1.54) is 0 Å². The molecular weight excluding hydrogens is 342 g/mol. The number of methoxy groups -OCH3 is 2. The van der Waals surface area contributed by atoms with E-state index >= 15 is 0 Å². The molecule has 4 rings (SSSR count). The third-order valence-corrected chi connectivity index (χ3v) is 5.05. The molecule has 27 heavy (non-hydrogen) atoms. The summed E-state index contributed by atoms with van der Waals surface area (Å²) in [5.41, 5.74) is 1.96. The van der Waals surface area contributed by atoms with Crippen LogP contribution in [0.2, 0.25) is 0 Å². The van der Waals surface area contributed by atoms with Gasteiger partial charge in [0.2, 0.25) is 5.95 Å². The summed E-state index contributed by atoms with van der Waals surface area (Å²) in [4.78, 5) is 19.8. The number of ether oxygens (including phenoxy) is 2. The van der Waals surface area contributed by atoms with Crippen LogP contribution in [0.25, 0.3) is 10.9 Å². The maximum Gasteiger partial charge on any atom is 0.262 e. The van der Waals surface area contributed by atoms with Gasteiger partial charge in [-0.3, -0.25) is 9.36 Å². The Bertz CT molecular complexity index is 1030. The molecular formula is C21H23N3O3. The Morgan fingerprint density at radius 1 is 1.04 bits per heavy atom. The summed E-state index contributed by atoms with van der Waals surface area (Å²) in [5.74, 6) is 2.23. The van der Waals surface area contributed by atoms with E-state index in [0.29, 0.717) is 5.39 Å². The molecule has 0 aliphatic carbocycles. The topological polar surface area (TPSA) is 56.6 Å². The highest BCUT2D eigenvalue weighted by Crippen LogP contribution is 2.28. The number of nitrogens with zero attached hydrogens (tertiary/aromatic N) is 3. The van der Waals surface area contributed by atoms with E-state index in [2.05, 4.69) is 4.90 Å². The predicted octanol–water partition coefficient (Wildman–Crippen LogP) is 2.87. The fourth-order valence-corrected chi connectivity index (χ4v) is 3.63. The molecule has 0 fully saturated rings. The lowest BCUT2D eigenvalue weighted by atomic mass is 10.1. The molecule has 2 aromatic carbocycles.